The number of nitrogens with one attached hydrogen (secondary N) is 2. The Hall–Kier alpha value is -3.41. The van der Waals surface area contributed by atoms with Crippen molar-refractivity contribution in [3.8, 4) is 11.3 Å². The zero-order valence-corrected chi connectivity index (χ0v) is 15.7. The number of aromatic nitrogens is 1. The topological polar surface area (TPSA) is 58.0 Å². The van der Waals surface area contributed by atoms with Crippen LogP contribution in [-0.4, -0.2) is 17.4 Å². The minimum atomic E-state index is -0.296. The van der Waals surface area contributed by atoms with Crippen molar-refractivity contribution in [2.75, 3.05) is 6.54 Å². The zero-order chi connectivity index (χ0) is 20.2. The smallest absolute Gasteiger partial charge is 0.220 e. The van der Waals surface area contributed by atoms with Crippen LogP contribution < -0.4 is 5.32 Å². The second-order valence-electron chi connectivity index (χ2n) is 6.88. The number of furan rings is 1. The Morgan fingerprint density at radius 1 is 0.966 bits per heavy atom. The van der Waals surface area contributed by atoms with E-state index >= 15 is 0 Å². The number of aryl methyl sites for hydroxylation is 1. The van der Waals surface area contributed by atoms with Crippen LogP contribution in [-0.2, 0) is 17.6 Å². The monoisotopic (exact) mass is 394 g/mol. The van der Waals surface area contributed by atoms with E-state index in [1.807, 2.05) is 18.3 Å². The Kier molecular flexibility index (Phi) is 5.42. The van der Waals surface area contributed by atoms with Crippen molar-refractivity contribution in [1.29, 1.82) is 0 Å². The largest absolute Gasteiger partial charge is 0.461 e. The molecule has 2 aromatic carbocycles. The molecule has 2 heterocycles. The molecule has 0 atom stereocenters. The van der Waals surface area contributed by atoms with Gasteiger partial charge in [-0.25, -0.2) is 8.78 Å². The van der Waals surface area contributed by atoms with Crippen LogP contribution in [0.25, 0.3) is 22.2 Å². The van der Waals surface area contributed by atoms with E-state index in [-0.39, 0.29) is 17.5 Å². The number of halogens is 2. The lowest BCUT2D eigenvalue weighted by molar-refractivity contribution is -0.121. The number of aromatic amines is 1. The minimum absolute atomic E-state index is 0.0734. The summed E-state index contributed by atoms with van der Waals surface area (Å²) >= 11 is 0. The van der Waals surface area contributed by atoms with Crippen LogP contribution in [0.15, 0.2) is 65.2 Å². The number of carbonyl (C=O) groups excluding carboxylic acids is 1. The van der Waals surface area contributed by atoms with Gasteiger partial charge in [0.25, 0.3) is 0 Å². The van der Waals surface area contributed by atoms with E-state index in [1.54, 1.807) is 18.2 Å². The molecular formula is C23H20F2N2O2. The number of amides is 1. The summed E-state index contributed by atoms with van der Waals surface area (Å²) in [5.41, 5.74) is 2.63. The molecule has 0 radical (unpaired) electrons. The normalized spacial score (nSPS) is 11.1. The predicted molar refractivity (Wildman–Crippen MR) is 107 cm³/mol. The predicted octanol–water partition coefficient (Wildman–Crippen LogP) is 5.00. The van der Waals surface area contributed by atoms with Crippen molar-refractivity contribution < 1.29 is 18.0 Å². The highest BCUT2D eigenvalue weighted by atomic mass is 19.1. The fourth-order valence-corrected chi connectivity index (χ4v) is 3.30. The highest BCUT2D eigenvalue weighted by Gasteiger charge is 2.09. The summed E-state index contributed by atoms with van der Waals surface area (Å²) in [6, 6.07) is 14.3. The number of rotatable bonds is 7. The van der Waals surface area contributed by atoms with Gasteiger partial charge < -0.3 is 14.7 Å². The highest BCUT2D eigenvalue weighted by Crippen LogP contribution is 2.23. The van der Waals surface area contributed by atoms with Gasteiger partial charge in [-0.3, -0.25) is 4.79 Å². The number of carbonyl (C=O) groups is 1. The molecule has 0 fully saturated rings. The molecule has 4 rings (SSSR count). The molecule has 0 aliphatic heterocycles. The van der Waals surface area contributed by atoms with Gasteiger partial charge in [-0.2, -0.15) is 0 Å². The molecule has 0 spiro atoms. The van der Waals surface area contributed by atoms with Gasteiger partial charge in [0, 0.05) is 42.0 Å². The fraction of sp³-hybridized carbons (Fsp3) is 0.174. The third-order valence-electron chi connectivity index (χ3n) is 4.83. The van der Waals surface area contributed by atoms with Gasteiger partial charge in [0.05, 0.1) is 0 Å². The van der Waals surface area contributed by atoms with Crippen molar-refractivity contribution >= 4 is 16.8 Å². The molecule has 0 saturated heterocycles. The molecule has 4 aromatic rings. The molecule has 0 unspecified atom stereocenters. The summed E-state index contributed by atoms with van der Waals surface area (Å²) in [5.74, 6) is 0.699. The molecule has 0 bridgehead atoms. The van der Waals surface area contributed by atoms with Crippen LogP contribution in [0.1, 0.15) is 17.7 Å². The van der Waals surface area contributed by atoms with Crippen molar-refractivity contribution in [3.05, 3.63) is 83.8 Å². The van der Waals surface area contributed by atoms with E-state index in [0.717, 1.165) is 22.0 Å². The van der Waals surface area contributed by atoms with E-state index in [1.165, 1.54) is 24.3 Å². The van der Waals surface area contributed by atoms with Crippen molar-refractivity contribution in [2.45, 2.75) is 19.3 Å². The summed E-state index contributed by atoms with van der Waals surface area (Å²) in [6.45, 7) is 0.473. The maximum Gasteiger partial charge on any atom is 0.220 e. The van der Waals surface area contributed by atoms with Crippen molar-refractivity contribution in [1.82, 2.24) is 10.3 Å². The van der Waals surface area contributed by atoms with E-state index < -0.39 is 0 Å². The van der Waals surface area contributed by atoms with Crippen LogP contribution in [0.5, 0.6) is 0 Å². The average molecular weight is 394 g/mol. The molecule has 6 heteroatoms. The van der Waals surface area contributed by atoms with Gasteiger partial charge in [-0.05, 0) is 66.6 Å². The first-order valence-corrected chi connectivity index (χ1v) is 9.45. The molecule has 4 nitrogen and oxygen atoms in total. The molecule has 148 valence electrons. The van der Waals surface area contributed by atoms with Gasteiger partial charge in [0.15, 0.2) is 0 Å². The first-order chi connectivity index (χ1) is 14.1. The average Bonchev–Trinajstić information content (AvgIpc) is 3.34. The van der Waals surface area contributed by atoms with E-state index in [2.05, 4.69) is 10.3 Å². The van der Waals surface area contributed by atoms with E-state index in [9.17, 15) is 13.6 Å². The molecule has 1 amide bonds. The summed E-state index contributed by atoms with van der Waals surface area (Å²) in [4.78, 5) is 15.2. The summed E-state index contributed by atoms with van der Waals surface area (Å²) in [7, 11) is 0. The fourth-order valence-electron chi connectivity index (χ4n) is 3.30. The van der Waals surface area contributed by atoms with Crippen molar-refractivity contribution in [3.63, 3.8) is 0 Å². The maximum atomic E-state index is 13.4. The Morgan fingerprint density at radius 2 is 1.76 bits per heavy atom. The third kappa shape index (κ3) is 4.54. The van der Waals surface area contributed by atoms with Crippen LogP contribution in [0.3, 0.4) is 0 Å². The first-order valence-electron chi connectivity index (χ1n) is 9.45. The van der Waals surface area contributed by atoms with Gasteiger partial charge in [0.2, 0.25) is 5.91 Å². The SMILES string of the molecule is O=C(CCc1ccc(-c2ccc(F)cc2)o1)NCCc1c[nH]c2ccc(F)cc12. The summed E-state index contributed by atoms with van der Waals surface area (Å²) < 4.78 is 32.2. The lowest BCUT2D eigenvalue weighted by Crippen LogP contribution is -2.25. The third-order valence-corrected chi connectivity index (χ3v) is 4.83. The molecule has 29 heavy (non-hydrogen) atoms. The van der Waals surface area contributed by atoms with Crippen LogP contribution in [0, 0.1) is 11.6 Å². The second kappa shape index (κ2) is 8.31. The summed E-state index contributed by atoms with van der Waals surface area (Å²) in [5, 5.41) is 3.72. The number of H-pyrrole nitrogens is 1. The Balaban J connectivity index is 1.26. The lowest BCUT2D eigenvalue weighted by Gasteiger charge is -2.04. The zero-order valence-electron chi connectivity index (χ0n) is 15.7. The highest BCUT2D eigenvalue weighted by molar-refractivity contribution is 5.83. The first kappa shape index (κ1) is 18.9. The molecule has 0 saturated carbocycles. The Bertz CT molecular complexity index is 1130. The Morgan fingerprint density at radius 3 is 2.59 bits per heavy atom. The standard InChI is InChI=1S/C23H20F2N2O2/c24-17-3-1-15(2-4-17)22-9-6-19(29-22)7-10-23(28)26-12-11-16-14-27-21-8-5-18(25)13-20(16)21/h1-6,8-9,13-14,27H,7,10-12H2,(H,26,28). The minimum Gasteiger partial charge on any atom is -0.461 e. The van der Waals surface area contributed by atoms with Gasteiger partial charge >= 0.3 is 0 Å². The van der Waals surface area contributed by atoms with Gasteiger partial charge in [-0.15, -0.1) is 0 Å². The van der Waals surface area contributed by atoms with Gasteiger partial charge in [0.1, 0.15) is 23.2 Å². The number of hydrogen-bond donors (Lipinski definition) is 2. The van der Waals surface area contributed by atoms with Crippen LogP contribution >= 0.6 is 0 Å². The van der Waals surface area contributed by atoms with E-state index in [0.29, 0.717) is 37.3 Å². The molecule has 0 aliphatic rings. The lowest BCUT2D eigenvalue weighted by atomic mass is 10.1. The van der Waals surface area contributed by atoms with E-state index in [4.69, 9.17) is 4.42 Å². The van der Waals surface area contributed by atoms with Crippen molar-refractivity contribution in [2.24, 2.45) is 0 Å². The van der Waals surface area contributed by atoms with Crippen LogP contribution in [0.4, 0.5) is 8.78 Å². The second-order valence-corrected chi connectivity index (χ2v) is 6.88. The molecule has 2 aromatic heterocycles. The number of benzene rings is 2. The number of fused-ring (bicyclic) bond motifs is 1. The number of hydrogen-bond acceptors (Lipinski definition) is 2. The Labute approximate surface area is 166 Å². The summed E-state index contributed by atoms with van der Waals surface area (Å²) in [6.07, 6.45) is 3.24. The maximum absolute atomic E-state index is 13.4. The van der Waals surface area contributed by atoms with Crippen LogP contribution in [0.2, 0.25) is 0 Å². The van der Waals surface area contributed by atoms with Gasteiger partial charge in [-0.1, -0.05) is 0 Å². The quantitative estimate of drug-likeness (QED) is 0.464. The molecular weight excluding hydrogens is 374 g/mol. The molecule has 2 N–H and O–H groups in total. The molecule has 0 aliphatic carbocycles.